The molecule has 0 aliphatic carbocycles. The van der Waals surface area contributed by atoms with Gasteiger partial charge in [0.2, 0.25) is 0 Å². The lowest BCUT2D eigenvalue weighted by atomic mass is 9.91. The molecule has 4 nitrogen and oxygen atoms in total. The van der Waals surface area contributed by atoms with E-state index in [0.717, 1.165) is 40.1 Å². The van der Waals surface area contributed by atoms with Gasteiger partial charge in [-0.2, -0.15) is 0 Å². The standard InChI is InChI=1S/C32H34N2O2Si/c1-22(2)36-26-16-14-24(15-17-26)23-10-12-25(13-11-23)32-31-28(27-8-6-7-9-29(27)33-31)18-20-34(32)30(35)19-21-37(3,4)5/h6-17,22,32-33H,18,20H2,1-5H3. The Bertz CT molecular complexity index is 1480. The van der Waals surface area contributed by atoms with Crippen LogP contribution in [0.15, 0.2) is 72.8 Å². The van der Waals surface area contributed by atoms with E-state index in [1.165, 1.54) is 10.9 Å². The quantitative estimate of drug-likeness (QED) is 0.240. The first kappa shape index (κ1) is 24.9. The summed E-state index contributed by atoms with van der Waals surface area (Å²) in [6, 6.07) is 25.0. The molecule has 0 saturated heterocycles. The lowest BCUT2D eigenvalue weighted by molar-refractivity contribution is -0.127. The maximum atomic E-state index is 13.4. The van der Waals surface area contributed by atoms with E-state index in [4.69, 9.17) is 4.74 Å². The Kier molecular flexibility index (Phi) is 6.70. The average molecular weight is 507 g/mol. The van der Waals surface area contributed by atoms with Gasteiger partial charge in [-0.3, -0.25) is 4.79 Å². The van der Waals surface area contributed by atoms with E-state index in [1.807, 2.05) is 36.9 Å². The summed E-state index contributed by atoms with van der Waals surface area (Å²) in [6.45, 7) is 11.2. The Labute approximate surface area is 220 Å². The van der Waals surface area contributed by atoms with Crippen molar-refractivity contribution in [1.82, 2.24) is 9.88 Å². The van der Waals surface area contributed by atoms with Crippen LogP contribution in [0.25, 0.3) is 22.0 Å². The van der Waals surface area contributed by atoms with Gasteiger partial charge in [0.1, 0.15) is 13.8 Å². The number of carbonyl (C=O) groups is 1. The van der Waals surface area contributed by atoms with Gasteiger partial charge in [-0.25, -0.2) is 0 Å². The number of para-hydroxylation sites is 1. The van der Waals surface area contributed by atoms with Crippen LogP contribution in [0.2, 0.25) is 19.6 Å². The predicted octanol–water partition coefficient (Wildman–Crippen LogP) is 6.98. The molecule has 1 amide bonds. The topological polar surface area (TPSA) is 45.3 Å². The molecule has 3 aromatic carbocycles. The second-order valence-electron chi connectivity index (χ2n) is 11.0. The van der Waals surface area contributed by atoms with Gasteiger partial charge in [-0.1, -0.05) is 74.2 Å². The number of nitrogens with zero attached hydrogens (tertiary/aromatic N) is 1. The van der Waals surface area contributed by atoms with Gasteiger partial charge in [0.05, 0.1) is 12.1 Å². The molecule has 4 aromatic rings. The molecular weight excluding hydrogens is 472 g/mol. The number of hydrogen-bond acceptors (Lipinski definition) is 2. The molecule has 1 unspecified atom stereocenters. The van der Waals surface area contributed by atoms with E-state index in [-0.39, 0.29) is 18.1 Å². The number of ether oxygens (including phenoxy) is 1. The van der Waals surface area contributed by atoms with Gasteiger partial charge < -0.3 is 14.6 Å². The van der Waals surface area contributed by atoms with E-state index in [2.05, 4.69) is 90.7 Å². The second kappa shape index (κ2) is 9.95. The minimum absolute atomic E-state index is 0.0958. The van der Waals surface area contributed by atoms with Crippen LogP contribution in [0.3, 0.4) is 0 Å². The van der Waals surface area contributed by atoms with Crippen molar-refractivity contribution < 1.29 is 9.53 Å². The second-order valence-corrected chi connectivity index (χ2v) is 15.8. The van der Waals surface area contributed by atoms with Gasteiger partial charge >= 0.3 is 0 Å². The number of benzene rings is 3. The van der Waals surface area contributed by atoms with E-state index in [0.29, 0.717) is 6.54 Å². The third-order valence-corrected chi connectivity index (χ3v) is 7.50. The van der Waals surface area contributed by atoms with Crippen LogP contribution in [-0.2, 0) is 11.2 Å². The fourth-order valence-corrected chi connectivity index (χ4v) is 5.46. The summed E-state index contributed by atoms with van der Waals surface area (Å²) < 4.78 is 5.79. The Morgan fingerprint density at radius 3 is 2.27 bits per heavy atom. The molecule has 188 valence electrons. The Hall–Kier alpha value is -3.75. The number of nitrogens with one attached hydrogen (secondary N) is 1. The van der Waals surface area contributed by atoms with Crippen LogP contribution in [0.4, 0.5) is 0 Å². The lowest BCUT2D eigenvalue weighted by Gasteiger charge is -2.35. The number of aromatic nitrogens is 1. The molecular formula is C32H34N2O2Si. The van der Waals surface area contributed by atoms with Gasteiger partial charge in [0.25, 0.3) is 5.91 Å². The molecule has 1 aromatic heterocycles. The van der Waals surface area contributed by atoms with Gasteiger partial charge in [-0.15, -0.1) is 5.54 Å². The van der Waals surface area contributed by atoms with Crippen LogP contribution in [0.1, 0.15) is 36.7 Å². The van der Waals surface area contributed by atoms with Gasteiger partial charge in [-0.05, 0) is 66.6 Å². The van der Waals surface area contributed by atoms with Crippen molar-refractivity contribution in [2.75, 3.05) is 6.54 Å². The Balaban J connectivity index is 1.52. The largest absolute Gasteiger partial charge is 0.491 e. The van der Waals surface area contributed by atoms with Gasteiger partial charge in [0.15, 0.2) is 0 Å². The average Bonchev–Trinajstić information content (AvgIpc) is 3.25. The highest BCUT2D eigenvalue weighted by atomic mass is 28.3. The zero-order valence-electron chi connectivity index (χ0n) is 22.3. The molecule has 1 atom stereocenters. The van der Waals surface area contributed by atoms with Crippen LogP contribution < -0.4 is 4.74 Å². The molecule has 0 fully saturated rings. The van der Waals surface area contributed by atoms with Crippen molar-refractivity contribution in [3.8, 4) is 28.3 Å². The summed E-state index contributed by atoms with van der Waals surface area (Å²) in [6.07, 6.45) is 0.968. The van der Waals surface area contributed by atoms with Crippen LogP contribution in [-0.4, -0.2) is 36.5 Å². The van der Waals surface area contributed by atoms with Crippen molar-refractivity contribution in [2.45, 2.75) is 52.1 Å². The SMILES string of the molecule is CC(C)Oc1ccc(-c2ccc(C3c4[nH]c5ccccc5c4CCN3C(=O)C#C[Si](C)(C)C)cc2)cc1. The van der Waals surface area contributed by atoms with Crippen molar-refractivity contribution in [3.05, 3.63) is 89.6 Å². The smallest absolute Gasteiger partial charge is 0.298 e. The first-order valence-corrected chi connectivity index (χ1v) is 16.5. The fourth-order valence-electron chi connectivity index (χ4n) is 4.97. The number of H-pyrrole nitrogens is 1. The molecule has 0 saturated carbocycles. The van der Waals surface area contributed by atoms with Crippen LogP contribution >= 0.6 is 0 Å². The first-order chi connectivity index (χ1) is 17.7. The highest BCUT2D eigenvalue weighted by Gasteiger charge is 2.34. The van der Waals surface area contributed by atoms with E-state index < -0.39 is 8.07 Å². The summed E-state index contributed by atoms with van der Waals surface area (Å²) in [5.74, 6) is 3.76. The highest BCUT2D eigenvalue weighted by Crippen LogP contribution is 2.39. The van der Waals surface area contributed by atoms with Crippen molar-refractivity contribution in [2.24, 2.45) is 0 Å². The highest BCUT2D eigenvalue weighted by molar-refractivity contribution is 6.84. The number of rotatable bonds is 4. The molecule has 0 bridgehead atoms. The monoisotopic (exact) mass is 506 g/mol. The van der Waals surface area contributed by atoms with E-state index in [9.17, 15) is 4.79 Å². The van der Waals surface area contributed by atoms with E-state index >= 15 is 0 Å². The zero-order chi connectivity index (χ0) is 26.2. The normalized spacial score (nSPS) is 15.3. The minimum Gasteiger partial charge on any atom is -0.491 e. The number of aromatic amines is 1. The summed E-state index contributed by atoms with van der Waals surface area (Å²) in [7, 11) is -1.67. The zero-order valence-corrected chi connectivity index (χ0v) is 23.3. The Morgan fingerprint density at radius 1 is 0.973 bits per heavy atom. The molecule has 2 heterocycles. The summed E-state index contributed by atoms with van der Waals surface area (Å²) in [5.41, 5.74) is 10.1. The van der Waals surface area contributed by atoms with Crippen molar-refractivity contribution in [3.63, 3.8) is 0 Å². The number of amides is 1. The number of fused-ring (bicyclic) bond motifs is 3. The minimum atomic E-state index is -1.67. The van der Waals surface area contributed by atoms with E-state index in [1.54, 1.807) is 0 Å². The van der Waals surface area contributed by atoms with Crippen molar-refractivity contribution in [1.29, 1.82) is 0 Å². The first-order valence-electron chi connectivity index (χ1n) is 13.0. The fraction of sp³-hybridized carbons (Fsp3) is 0.281. The molecule has 1 aliphatic heterocycles. The molecule has 1 N–H and O–H groups in total. The molecule has 1 aliphatic rings. The lowest BCUT2D eigenvalue weighted by Crippen LogP contribution is -2.40. The number of carbonyl (C=O) groups excluding carboxylic acids is 1. The number of hydrogen-bond donors (Lipinski definition) is 1. The summed E-state index contributed by atoms with van der Waals surface area (Å²) in [5, 5.41) is 1.24. The van der Waals surface area contributed by atoms with Crippen LogP contribution in [0.5, 0.6) is 5.75 Å². The predicted molar refractivity (Wildman–Crippen MR) is 154 cm³/mol. The molecule has 0 spiro atoms. The molecule has 0 radical (unpaired) electrons. The maximum absolute atomic E-state index is 13.4. The maximum Gasteiger partial charge on any atom is 0.298 e. The molecule has 5 rings (SSSR count). The van der Waals surface area contributed by atoms with Crippen LogP contribution in [0, 0.1) is 11.5 Å². The summed E-state index contributed by atoms with van der Waals surface area (Å²) in [4.78, 5) is 19.0. The molecule has 5 heteroatoms. The third kappa shape index (κ3) is 5.35. The Morgan fingerprint density at radius 2 is 1.62 bits per heavy atom. The third-order valence-electron chi connectivity index (χ3n) is 6.63. The van der Waals surface area contributed by atoms with Gasteiger partial charge in [0, 0.05) is 23.1 Å². The van der Waals surface area contributed by atoms with Crippen molar-refractivity contribution >= 4 is 24.9 Å². The molecule has 37 heavy (non-hydrogen) atoms. The summed E-state index contributed by atoms with van der Waals surface area (Å²) >= 11 is 0.